The minimum Gasteiger partial charge on any atom is -0.273 e. The Balaban J connectivity index is 1.91. The van der Waals surface area contributed by atoms with E-state index < -0.39 is 4.92 Å². The van der Waals surface area contributed by atoms with Gasteiger partial charge in [-0.05, 0) is 17.0 Å². The molecule has 0 spiro atoms. The molecule has 0 bridgehead atoms. The Bertz CT molecular complexity index is 638. The molecule has 2 rings (SSSR count). The van der Waals surface area contributed by atoms with Crippen molar-refractivity contribution in [1.29, 1.82) is 0 Å². The van der Waals surface area contributed by atoms with Crippen molar-refractivity contribution >= 4 is 29.1 Å². The van der Waals surface area contributed by atoms with Gasteiger partial charge in [-0.1, -0.05) is 18.2 Å². The highest BCUT2D eigenvalue weighted by molar-refractivity contribution is 7.11. The maximum Gasteiger partial charge on any atom is 0.269 e. The van der Waals surface area contributed by atoms with Crippen LogP contribution in [0, 0.1) is 10.1 Å². The van der Waals surface area contributed by atoms with Crippen LogP contribution < -0.4 is 5.43 Å². The molecular weight excluding hydrogens is 278 g/mol. The van der Waals surface area contributed by atoms with Crippen molar-refractivity contribution in [2.45, 2.75) is 6.42 Å². The van der Waals surface area contributed by atoms with Gasteiger partial charge in [0, 0.05) is 17.0 Å². The van der Waals surface area contributed by atoms with Crippen LogP contribution >= 0.6 is 11.3 Å². The average molecular weight is 289 g/mol. The van der Waals surface area contributed by atoms with E-state index in [1.807, 2.05) is 17.5 Å². The molecule has 0 fully saturated rings. The molecule has 0 aliphatic heterocycles. The molecule has 6 nitrogen and oxygen atoms in total. The van der Waals surface area contributed by atoms with Crippen LogP contribution in [0.5, 0.6) is 0 Å². The SMILES string of the molecule is O=C(Cc1cccc([N+](=O)[O-])c1)NN=Cc1cccs1. The minimum atomic E-state index is -0.490. The van der Waals surface area contributed by atoms with Gasteiger partial charge in [-0.2, -0.15) is 5.10 Å². The van der Waals surface area contributed by atoms with Gasteiger partial charge >= 0.3 is 0 Å². The summed E-state index contributed by atoms with van der Waals surface area (Å²) < 4.78 is 0. The predicted octanol–water partition coefficient (Wildman–Crippen LogP) is 2.35. The van der Waals surface area contributed by atoms with E-state index in [4.69, 9.17) is 0 Å². The summed E-state index contributed by atoms with van der Waals surface area (Å²) in [6, 6.07) is 9.74. The molecule has 2 aromatic rings. The second-order valence-corrected chi connectivity index (χ2v) is 4.89. The lowest BCUT2D eigenvalue weighted by molar-refractivity contribution is -0.384. The molecule has 0 saturated carbocycles. The molecule has 1 aromatic heterocycles. The molecule has 0 aliphatic rings. The smallest absolute Gasteiger partial charge is 0.269 e. The number of non-ortho nitro benzene ring substituents is 1. The van der Waals surface area contributed by atoms with E-state index in [2.05, 4.69) is 10.5 Å². The van der Waals surface area contributed by atoms with E-state index in [0.29, 0.717) is 5.56 Å². The standard InChI is InChI=1S/C13H11N3O3S/c17-13(15-14-9-12-5-2-6-20-12)8-10-3-1-4-11(7-10)16(18)19/h1-7,9H,8H2,(H,15,17). The third kappa shape index (κ3) is 3.99. The van der Waals surface area contributed by atoms with Gasteiger partial charge in [0.1, 0.15) is 0 Å². The van der Waals surface area contributed by atoms with Crippen molar-refractivity contribution in [3.63, 3.8) is 0 Å². The van der Waals surface area contributed by atoms with Gasteiger partial charge in [-0.3, -0.25) is 14.9 Å². The quantitative estimate of drug-likeness (QED) is 0.521. The van der Waals surface area contributed by atoms with Crippen LogP contribution in [0.15, 0.2) is 46.9 Å². The second-order valence-electron chi connectivity index (χ2n) is 3.91. The monoisotopic (exact) mass is 289 g/mol. The van der Waals surface area contributed by atoms with Crippen LogP contribution in [0.1, 0.15) is 10.4 Å². The van der Waals surface area contributed by atoms with Gasteiger partial charge in [0.15, 0.2) is 0 Å². The lowest BCUT2D eigenvalue weighted by Gasteiger charge is -2.00. The maximum atomic E-state index is 11.6. The summed E-state index contributed by atoms with van der Waals surface area (Å²) in [5.74, 6) is -0.321. The Labute approximate surface area is 118 Å². The largest absolute Gasteiger partial charge is 0.273 e. The fourth-order valence-electron chi connectivity index (χ4n) is 1.54. The van der Waals surface area contributed by atoms with Crippen molar-refractivity contribution < 1.29 is 9.72 Å². The Morgan fingerprint density at radius 2 is 2.25 bits per heavy atom. The van der Waals surface area contributed by atoms with E-state index in [-0.39, 0.29) is 18.0 Å². The lowest BCUT2D eigenvalue weighted by Crippen LogP contribution is -2.19. The number of amides is 1. The van der Waals surface area contributed by atoms with E-state index >= 15 is 0 Å². The van der Waals surface area contributed by atoms with Gasteiger partial charge in [0.25, 0.3) is 5.69 Å². The van der Waals surface area contributed by atoms with Gasteiger partial charge in [-0.15, -0.1) is 11.3 Å². The zero-order chi connectivity index (χ0) is 14.4. The van der Waals surface area contributed by atoms with E-state index in [1.54, 1.807) is 18.3 Å². The van der Waals surface area contributed by atoms with Crippen molar-refractivity contribution in [1.82, 2.24) is 5.43 Å². The highest BCUT2D eigenvalue weighted by atomic mass is 32.1. The summed E-state index contributed by atoms with van der Waals surface area (Å²) in [6.45, 7) is 0. The molecule has 0 aliphatic carbocycles. The summed E-state index contributed by atoms with van der Waals surface area (Å²) in [6.07, 6.45) is 1.60. The topological polar surface area (TPSA) is 84.6 Å². The van der Waals surface area contributed by atoms with E-state index in [1.165, 1.54) is 23.5 Å². The van der Waals surface area contributed by atoms with Crippen molar-refractivity contribution in [3.8, 4) is 0 Å². The van der Waals surface area contributed by atoms with Gasteiger partial charge < -0.3 is 0 Å². The number of carbonyl (C=O) groups is 1. The first-order valence-electron chi connectivity index (χ1n) is 5.74. The first kappa shape index (κ1) is 13.9. The lowest BCUT2D eigenvalue weighted by atomic mass is 10.1. The second kappa shape index (κ2) is 6.58. The molecule has 1 heterocycles. The first-order valence-corrected chi connectivity index (χ1v) is 6.62. The molecule has 1 amide bonds. The number of hydrogen-bond acceptors (Lipinski definition) is 5. The highest BCUT2D eigenvalue weighted by Gasteiger charge is 2.08. The number of nitro groups is 1. The van der Waals surface area contributed by atoms with E-state index in [0.717, 1.165) is 4.88 Å². The normalized spacial score (nSPS) is 10.6. The van der Waals surface area contributed by atoms with Crippen molar-refractivity contribution in [2.24, 2.45) is 5.10 Å². The summed E-state index contributed by atoms with van der Waals surface area (Å²) >= 11 is 1.51. The Morgan fingerprint density at radius 3 is 2.95 bits per heavy atom. The van der Waals surface area contributed by atoms with Gasteiger partial charge in [0.2, 0.25) is 5.91 Å². The zero-order valence-corrected chi connectivity index (χ0v) is 11.2. The number of hydrazone groups is 1. The number of nitro benzene ring substituents is 1. The molecule has 0 saturated heterocycles. The van der Waals surface area contributed by atoms with Crippen LogP contribution in [0.2, 0.25) is 0 Å². The molecule has 102 valence electrons. The fourth-order valence-corrected chi connectivity index (χ4v) is 2.12. The van der Waals surface area contributed by atoms with Crippen LogP contribution in [0.25, 0.3) is 0 Å². The Morgan fingerprint density at radius 1 is 1.40 bits per heavy atom. The molecule has 1 aromatic carbocycles. The zero-order valence-electron chi connectivity index (χ0n) is 10.4. The molecule has 0 atom stereocenters. The summed E-state index contributed by atoms with van der Waals surface area (Å²) in [7, 11) is 0. The van der Waals surface area contributed by atoms with Crippen molar-refractivity contribution in [3.05, 3.63) is 62.3 Å². The number of hydrogen-bond donors (Lipinski definition) is 1. The molecule has 0 unspecified atom stereocenters. The minimum absolute atomic E-state index is 0.0302. The first-order chi connectivity index (χ1) is 9.65. The predicted molar refractivity (Wildman–Crippen MR) is 76.9 cm³/mol. The molecule has 7 heteroatoms. The number of rotatable bonds is 5. The Kier molecular flexibility index (Phi) is 4.56. The maximum absolute atomic E-state index is 11.6. The molecule has 0 radical (unpaired) electrons. The fraction of sp³-hybridized carbons (Fsp3) is 0.0769. The summed E-state index contributed by atoms with van der Waals surface area (Å²) in [4.78, 5) is 22.7. The van der Waals surface area contributed by atoms with E-state index in [9.17, 15) is 14.9 Å². The van der Waals surface area contributed by atoms with Crippen LogP contribution in [0.3, 0.4) is 0 Å². The van der Waals surface area contributed by atoms with Gasteiger partial charge in [0.05, 0.1) is 17.6 Å². The van der Waals surface area contributed by atoms with Crippen LogP contribution in [-0.4, -0.2) is 17.0 Å². The number of nitrogens with one attached hydrogen (secondary N) is 1. The highest BCUT2D eigenvalue weighted by Crippen LogP contribution is 2.13. The van der Waals surface area contributed by atoms with Gasteiger partial charge in [-0.25, -0.2) is 5.43 Å². The summed E-state index contributed by atoms with van der Waals surface area (Å²) in [5, 5.41) is 16.4. The number of thiophene rings is 1. The number of benzene rings is 1. The third-order valence-corrected chi connectivity index (χ3v) is 3.22. The number of nitrogens with zero attached hydrogens (tertiary/aromatic N) is 2. The third-order valence-electron chi connectivity index (χ3n) is 2.41. The van der Waals surface area contributed by atoms with Crippen LogP contribution in [0.4, 0.5) is 5.69 Å². The number of carbonyl (C=O) groups excluding carboxylic acids is 1. The van der Waals surface area contributed by atoms with Crippen molar-refractivity contribution in [2.75, 3.05) is 0 Å². The summed E-state index contributed by atoms with van der Waals surface area (Å²) in [5.41, 5.74) is 2.93. The molecule has 20 heavy (non-hydrogen) atoms. The Hall–Kier alpha value is -2.54. The molecular formula is C13H11N3O3S. The molecule has 1 N–H and O–H groups in total. The van der Waals surface area contributed by atoms with Crippen LogP contribution in [-0.2, 0) is 11.2 Å². The average Bonchev–Trinajstić information content (AvgIpc) is 2.92.